The SMILES string of the molecule is CC(C)c1nnc(CN2CCC[C@@H](N3CCCC3=O)C2)o1. The quantitative estimate of drug-likeness (QED) is 0.846. The molecule has 0 aliphatic carbocycles. The first-order valence-electron chi connectivity index (χ1n) is 7.97. The Kier molecular flexibility index (Phi) is 4.24. The zero-order valence-corrected chi connectivity index (χ0v) is 12.9. The van der Waals surface area contributed by atoms with Crippen molar-refractivity contribution in [1.82, 2.24) is 20.0 Å². The van der Waals surface area contributed by atoms with Crippen LogP contribution in [0.5, 0.6) is 0 Å². The van der Waals surface area contributed by atoms with Crippen molar-refractivity contribution < 1.29 is 9.21 Å². The normalized spacial score (nSPS) is 24.2. The number of piperidine rings is 1. The summed E-state index contributed by atoms with van der Waals surface area (Å²) in [6, 6.07) is 0.362. The molecule has 3 heterocycles. The van der Waals surface area contributed by atoms with Crippen LogP contribution in [0.25, 0.3) is 0 Å². The Morgan fingerprint density at radius 3 is 2.81 bits per heavy atom. The Hall–Kier alpha value is -1.43. The van der Waals surface area contributed by atoms with Crippen LogP contribution in [0, 0.1) is 0 Å². The number of carbonyl (C=O) groups excluding carboxylic acids is 1. The van der Waals surface area contributed by atoms with Gasteiger partial charge < -0.3 is 9.32 Å². The van der Waals surface area contributed by atoms with Crippen molar-refractivity contribution in [2.24, 2.45) is 0 Å². The molecule has 116 valence electrons. The average Bonchev–Trinajstić information content (AvgIpc) is 3.08. The van der Waals surface area contributed by atoms with Gasteiger partial charge in [-0.3, -0.25) is 9.69 Å². The third-order valence-electron chi connectivity index (χ3n) is 4.37. The summed E-state index contributed by atoms with van der Waals surface area (Å²) in [6.07, 6.45) is 3.97. The summed E-state index contributed by atoms with van der Waals surface area (Å²) >= 11 is 0. The van der Waals surface area contributed by atoms with Crippen molar-refractivity contribution in [3.05, 3.63) is 11.8 Å². The minimum atomic E-state index is 0.266. The molecular formula is C15H24N4O2. The molecule has 0 unspecified atom stereocenters. The second-order valence-corrected chi connectivity index (χ2v) is 6.41. The highest BCUT2D eigenvalue weighted by molar-refractivity contribution is 5.78. The number of carbonyl (C=O) groups is 1. The molecular weight excluding hydrogens is 268 g/mol. The molecule has 6 nitrogen and oxygen atoms in total. The average molecular weight is 292 g/mol. The Labute approximate surface area is 125 Å². The van der Waals surface area contributed by atoms with E-state index in [2.05, 4.69) is 20.0 Å². The van der Waals surface area contributed by atoms with E-state index in [-0.39, 0.29) is 5.92 Å². The monoisotopic (exact) mass is 292 g/mol. The molecule has 0 radical (unpaired) electrons. The van der Waals surface area contributed by atoms with Crippen LogP contribution < -0.4 is 0 Å². The maximum Gasteiger partial charge on any atom is 0.230 e. The van der Waals surface area contributed by atoms with Gasteiger partial charge in [0.2, 0.25) is 17.7 Å². The first-order valence-corrected chi connectivity index (χ1v) is 7.97. The Morgan fingerprint density at radius 2 is 2.14 bits per heavy atom. The van der Waals surface area contributed by atoms with Crippen LogP contribution in [0.2, 0.25) is 0 Å². The predicted octanol–water partition coefficient (Wildman–Crippen LogP) is 1.78. The maximum atomic E-state index is 11.9. The lowest BCUT2D eigenvalue weighted by Crippen LogP contribution is -2.48. The Bertz CT molecular complexity index is 500. The molecule has 2 saturated heterocycles. The van der Waals surface area contributed by atoms with E-state index in [0.29, 0.717) is 30.3 Å². The minimum Gasteiger partial charge on any atom is -0.424 e. The molecule has 0 saturated carbocycles. The highest BCUT2D eigenvalue weighted by atomic mass is 16.4. The van der Waals surface area contributed by atoms with Crippen LogP contribution in [0.4, 0.5) is 0 Å². The van der Waals surface area contributed by atoms with E-state index < -0.39 is 0 Å². The van der Waals surface area contributed by atoms with E-state index >= 15 is 0 Å². The highest BCUT2D eigenvalue weighted by Crippen LogP contribution is 2.22. The van der Waals surface area contributed by atoms with Gasteiger partial charge in [-0.2, -0.15) is 0 Å². The fraction of sp³-hybridized carbons (Fsp3) is 0.800. The van der Waals surface area contributed by atoms with Crippen LogP contribution in [0.15, 0.2) is 4.42 Å². The van der Waals surface area contributed by atoms with E-state index in [1.54, 1.807) is 0 Å². The zero-order valence-electron chi connectivity index (χ0n) is 12.9. The molecule has 21 heavy (non-hydrogen) atoms. The highest BCUT2D eigenvalue weighted by Gasteiger charge is 2.31. The van der Waals surface area contributed by atoms with Gasteiger partial charge in [0.1, 0.15) is 0 Å². The predicted molar refractivity (Wildman–Crippen MR) is 77.6 cm³/mol. The fourth-order valence-corrected chi connectivity index (χ4v) is 3.24. The van der Waals surface area contributed by atoms with Crippen molar-refractivity contribution >= 4 is 5.91 Å². The lowest BCUT2D eigenvalue weighted by Gasteiger charge is -2.37. The van der Waals surface area contributed by atoms with Crippen LogP contribution >= 0.6 is 0 Å². The summed E-state index contributed by atoms with van der Waals surface area (Å²) in [5.41, 5.74) is 0. The Balaban J connectivity index is 1.59. The van der Waals surface area contributed by atoms with Gasteiger partial charge in [0, 0.05) is 31.5 Å². The second-order valence-electron chi connectivity index (χ2n) is 6.41. The smallest absolute Gasteiger partial charge is 0.230 e. The third-order valence-corrected chi connectivity index (χ3v) is 4.37. The van der Waals surface area contributed by atoms with Crippen molar-refractivity contribution in [1.29, 1.82) is 0 Å². The van der Waals surface area contributed by atoms with Gasteiger partial charge in [0.25, 0.3) is 0 Å². The number of amides is 1. The molecule has 1 aromatic heterocycles. The van der Waals surface area contributed by atoms with Crippen LogP contribution in [-0.4, -0.2) is 51.6 Å². The van der Waals surface area contributed by atoms with E-state index in [1.807, 2.05) is 13.8 Å². The first-order chi connectivity index (χ1) is 10.1. The Morgan fingerprint density at radius 1 is 1.29 bits per heavy atom. The van der Waals surface area contributed by atoms with E-state index in [1.165, 1.54) is 0 Å². The molecule has 0 bridgehead atoms. The lowest BCUT2D eigenvalue weighted by molar-refractivity contribution is -0.130. The second kappa shape index (κ2) is 6.13. The first kappa shape index (κ1) is 14.5. The standard InChI is InChI=1S/C15H24N4O2/c1-11(2)15-17-16-13(21-15)10-18-7-3-5-12(9-18)19-8-4-6-14(19)20/h11-12H,3-10H2,1-2H3/t12-/m1/s1. The van der Waals surface area contributed by atoms with Gasteiger partial charge in [-0.15, -0.1) is 10.2 Å². The fourth-order valence-electron chi connectivity index (χ4n) is 3.24. The minimum absolute atomic E-state index is 0.266. The van der Waals surface area contributed by atoms with Gasteiger partial charge in [-0.1, -0.05) is 13.8 Å². The number of hydrogen-bond acceptors (Lipinski definition) is 5. The molecule has 0 spiro atoms. The van der Waals surface area contributed by atoms with Gasteiger partial charge in [0.15, 0.2) is 0 Å². The lowest BCUT2D eigenvalue weighted by atomic mass is 10.0. The molecule has 3 rings (SSSR count). The summed E-state index contributed by atoms with van der Waals surface area (Å²) in [6.45, 7) is 7.68. The largest absolute Gasteiger partial charge is 0.424 e. The van der Waals surface area contributed by atoms with Crippen molar-refractivity contribution in [3.63, 3.8) is 0 Å². The molecule has 0 N–H and O–H groups in total. The topological polar surface area (TPSA) is 62.5 Å². The molecule has 0 aromatic carbocycles. The summed E-state index contributed by atoms with van der Waals surface area (Å²) in [7, 11) is 0. The summed E-state index contributed by atoms with van der Waals surface area (Å²) in [4.78, 5) is 16.3. The number of rotatable bonds is 4. The molecule has 2 aliphatic rings. The molecule has 2 fully saturated rings. The third kappa shape index (κ3) is 3.26. The van der Waals surface area contributed by atoms with Gasteiger partial charge in [-0.05, 0) is 25.8 Å². The van der Waals surface area contributed by atoms with Crippen molar-refractivity contribution in [2.75, 3.05) is 19.6 Å². The van der Waals surface area contributed by atoms with E-state index in [0.717, 1.165) is 45.3 Å². The molecule has 2 aliphatic heterocycles. The summed E-state index contributed by atoms with van der Waals surface area (Å²) < 4.78 is 5.69. The van der Waals surface area contributed by atoms with Gasteiger partial charge in [-0.25, -0.2) is 0 Å². The number of hydrogen-bond donors (Lipinski definition) is 0. The summed E-state index contributed by atoms with van der Waals surface area (Å²) in [5.74, 6) is 1.98. The van der Waals surface area contributed by atoms with Gasteiger partial charge in [0.05, 0.1) is 6.54 Å². The van der Waals surface area contributed by atoms with Crippen molar-refractivity contribution in [3.8, 4) is 0 Å². The zero-order chi connectivity index (χ0) is 14.8. The van der Waals surface area contributed by atoms with Crippen LogP contribution in [0.1, 0.15) is 57.2 Å². The van der Waals surface area contributed by atoms with Crippen LogP contribution in [-0.2, 0) is 11.3 Å². The molecule has 1 amide bonds. The molecule has 6 heteroatoms. The van der Waals surface area contributed by atoms with Crippen LogP contribution in [0.3, 0.4) is 0 Å². The maximum absolute atomic E-state index is 11.9. The summed E-state index contributed by atoms with van der Waals surface area (Å²) in [5, 5.41) is 8.21. The van der Waals surface area contributed by atoms with Gasteiger partial charge >= 0.3 is 0 Å². The molecule has 1 aromatic rings. The number of aromatic nitrogens is 2. The van der Waals surface area contributed by atoms with Crippen molar-refractivity contribution in [2.45, 2.75) is 58.0 Å². The van der Waals surface area contributed by atoms with E-state index in [9.17, 15) is 4.79 Å². The number of likely N-dealkylation sites (tertiary alicyclic amines) is 2. The van der Waals surface area contributed by atoms with E-state index in [4.69, 9.17) is 4.42 Å². The molecule has 1 atom stereocenters. The number of nitrogens with zero attached hydrogens (tertiary/aromatic N) is 4.